The summed E-state index contributed by atoms with van der Waals surface area (Å²) >= 11 is 0. The molecule has 2 rings (SSSR count). The van der Waals surface area contributed by atoms with Gasteiger partial charge < -0.3 is 5.32 Å². The highest BCUT2D eigenvalue weighted by Gasteiger charge is 2.15. The molecule has 5 heteroatoms. The highest BCUT2D eigenvalue weighted by Crippen LogP contribution is 2.28. The molecular weight excluding hydrogens is 272 g/mol. The number of nitrogens with one attached hydrogen (secondary N) is 1. The first-order chi connectivity index (χ1) is 10.1. The SMILES string of the molecule is CCCc1nc(NCC)c(C)c(-c2ccc(F)cc2F)n1. The average molecular weight is 291 g/mol. The van der Waals surface area contributed by atoms with Crippen LogP contribution >= 0.6 is 0 Å². The number of aromatic nitrogens is 2. The van der Waals surface area contributed by atoms with Crippen molar-refractivity contribution in [2.45, 2.75) is 33.6 Å². The van der Waals surface area contributed by atoms with Gasteiger partial charge in [0.2, 0.25) is 0 Å². The molecule has 0 aliphatic rings. The lowest BCUT2D eigenvalue weighted by molar-refractivity contribution is 0.585. The molecule has 1 N–H and O–H groups in total. The standard InChI is InChI=1S/C16H19F2N3/c1-4-6-14-20-15(10(3)16(21-14)19-5-2)12-8-7-11(17)9-13(12)18/h7-9H,4-6H2,1-3H3,(H,19,20,21). The van der Waals surface area contributed by atoms with E-state index in [4.69, 9.17) is 0 Å². The maximum Gasteiger partial charge on any atom is 0.135 e. The quantitative estimate of drug-likeness (QED) is 0.900. The van der Waals surface area contributed by atoms with Crippen LogP contribution in [0, 0.1) is 18.6 Å². The number of aryl methyl sites for hydroxylation is 1. The highest BCUT2D eigenvalue weighted by atomic mass is 19.1. The molecule has 0 spiro atoms. The van der Waals surface area contributed by atoms with E-state index in [1.54, 1.807) is 0 Å². The minimum absolute atomic E-state index is 0.299. The van der Waals surface area contributed by atoms with E-state index >= 15 is 0 Å². The molecule has 0 aliphatic heterocycles. The number of halogens is 2. The molecule has 2 aromatic rings. The van der Waals surface area contributed by atoms with Crippen molar-refractivity contribution >= 4 is 5.82 Å². The van der Waals surface area contributed by atoms with Crippen LogP contribution in [0.15, 0.2) is 18.2 Å². The fraction of sp³-hybridized carbons (Fsp3) is 0.375. The van der Waals surface area contributed by atoms with E-state index in [0.717, 1.165) is 24.6 Å². The molecule has 1 heterocycles. The van der Waals surface area contributed by atoms with Crippen LogP contribution in [0.2, 0.25) is 0 Å². The lowest BCUT2D eigenvalue weighted by Gasteiger charge is -2.13. The molecule has 0 atom stereocenters. The van der Waals surface area contributed by atoms with E-state index in [2.05, 4.69) is 15.3 Å². The number of nitrogens with zero attached hydrogens (tertiary/aromatic N) is 2. The molecular formula is C16H19F2N3. The molecule has 112 valence electrons. The van der Waals surface area contributed by atoms with Gasteiger partial charge in [-0.25, -0.2) is 18.7 Å². The van der Waals surface area contributed by atoms with Gasteiger partial charge in [-0.1, -0.05) is 6.92 Å². The van der Waals surface area contributed by atoms with Crippen LogP contribution < -0.4 is 5.32 Å². The van der Waals surface area contributed by atoms with Crippen LogP contribution in [0.4, 0.5) is 14.6 Å². The fourth-order valence-corrected chi connectivity index (χ4v) is 2.18. The smallest absolute Gasteiger partial charge is 0.135 e. The Morgan fingerprint density at radius 2 is 1.90 bits per heavy atom. The summed E-state index contributed by atoms with van der Waals surface area (Å²) in [7, 11) is 0. The normalized spacial score (nSPS) is 10.7. The monoisotopic (exact) mass is 291 g/mol. The van der Waals surface area contributed by atoms with Crippen molar-refractivity contribution in [3.63, 3.8) is 0 Å². The molecule has 0 unspecified atom stereocenters. The number of rotatable bonds is 5. The Morgan fingerprint density at radius 1 is 1.14 bits per heavy atom. The third kappa shape index (κ3) is 3.35. The van der Waals surface area contributed by atoms with Crippen LogP contribution in [0.1, 0.15) is 31.7 Å². The van der Waals surface area contributed by atoms with Gasteiger partial charge in [0, 0.05) is 30.2 Å². The van der Waals surface area contributed by atoms with Crippen molar-refractivity contribution in [2.75, 3.05) is 11.9 Å². The van der Waals surface area contributed by atoms with E-state index in [1.165, 1.54) is 12.1 Å². The second-order valence-electron chi connectivity index (χ2n) is 4.87. The first-order valence-corrected chi connectivity index (χ1v) is 7.13. The summed E-state index contributed by atoms with van der Waals surface area (Å²) in [6.07, 6.45) is 1.62. The Labute approximate surface area is 123 Å². The second kappa shape index (κ2) is 6.61. The molecule has 21 heavy (non-hydrogen) atoms. The van der Waals surface area contributed by atoms with E-state index < -0.39 is 11.6 Å². The Balaban J connectivity index is 2.60. The number of hydrogen-bond donors (Lipinski definition) is 1. The number of hydrogen-bond acceptors (Lipinski definition) is 3. The molecule has 0 amide bonds. The summed E-state index contributed by atoms with van der Waals surface area (Å²) in [5, 5.41) is 3.17. The van der Waals surface area contributed by atoms with Gasteiger partial charge in [0.15, 0.2) is 0 Å². The molecule has 3 nitrogen and oxygen atoms in total. The summed E-state index contributed by atoms with van der Waals surface area (Å²) < 4.78 is 27.1. The number of anilines is 1. The first kappa shape index (κ1) is 15.4. The van der Waals surface area contributed by atoms with Crippen molar-refractivity contribution in [3.8, 4) is 11.3 Å². The summed E-state index contributed by atoms with van der Waals surface area (Å²) in [5.74, 6) is 0.165. The topological polar surface area (TPSA) is 37.8 Å². The summed E-state index contributed by atoms with van der Waals surface area (Å²) in [5.41, 5.74) is 1.58. The molecule has 0 saturated carbocycles. The Bertz CT molecular complexity index is 642. The zero-order chi connectivity index (χ0) is 15.4. The second-order valence-corrected chi connectivity index (χ2v) is 4.87. The third-order valence-corrected chi connectivity index (χ3v) is 3.20. The van der Waals surface area contributed by atoms with Crippen LogP contribution in [0.3, 0.4) is 0 Å². The van der Waals surface area contributed by atoms with Gasteiger partial charge in [-0.3, -0.25) is 0 Å². The van der Waals surface area contributed by atoms with Gasteiger partial charge in [-0.2, -0.15) is 0 Å². The largest absolute Gasteiger partial charge is 0.370 e. The fourth-order valence-electron chi connectivity index (χ4n) is 2.18. The van der Waals surface area contributed by atoms with Crippen LogP contribution in [-0.4, -0.2) is 16.5 Å². The minimum Gasteiger partial charge on any atom is -0.370 e. The third-order valence-electron chi connectivity index (χ3n) is 3.20. The minimum atomic E-state index is -0.610. The van der Waals surface area contributed by atoms with Crippen molar-refractivity contribution in [1.29, 1.82) is 0 Å². The van der Waals surface area contributed by atoms with Crippen LogP contribution in [0.5, 0.6) is 0 Å². The summed E-state index contributed by atoms with van der Waals surface area (Å²) in [4.78, 5) is 8.92. The van der Waals surface area contributed by atoms with Gasteiger partial charge in [0.05, 0.1) is 5.69 Å². The van der Waals surface area contributed by atoms with Gasteiger partial charge in [0.1, 0.15) is 23.3 Å². The molecule has 1 aromatic carbocycles. The molecule has 1 aromatic heterocycles. The molecule has 0 fully saturated rings. The lowest BCUT2D eigenvalue weighted by Crippen LogP contribution is -2.08. The van der Waals surface area contributed by atoms with Crippen LogP contribution in [-0.2, 0) is 6.42 Å². The first-order valence-electron chi connectivity index (χ1n) is 7.13. The van der Waals surface area contributed by atoms with Crippen molar-refractivity contribution in [3.05, 3.63) is 41.2 Å². The van der Waals surface area contributed by atoms with Crippen molar-refractivity contribution in [2.24, 2.45) is 0 Å². The zero-order valence-corrected chi connectivity index (χ0v) is 12.5. The molecule has 0 bridgehead atoms. The average Bonchev–Trinajstić information content (AvgIpc) is 2.43. The van der Waals surface area contributed by atoms with Crippen molar-refractivity contribution < 1.29 is 8.78 Å². The van der Waals surface area contributed by atoms with E-state index in [-0.39, 0.29) is 0 Å². The maximum absolute atomic E-state index is 14.0. The molecule has 0 aliphatic carbocycles. The highest BCUT2D eigenvalue weighted by molar-refractivity contribution is 5.68. The van der Waals surface area contributed by atoms with Crippen molar-refractivity contribution in [1.82, 2.24) is 9.97 Å². The lowest BCUT2D eigenvalue weighted by atomic mass is 10.1. The van der Waals surface area contributed by atoms with Gasteiger partial charge in [-0.15, -0.1) is 0 Å². The number of benzene rings is 1. The summed E-state index contributed by atoms with van der Waals surface area (Å²) in [6, 6.07) is 3.54. The summed E-state index contributed by atoms with van der Waals surface area (Å²) in [6.45, 7) is 6.56. The van der Waals surface area contributed by atoms with E-state index in [9.17, 15) is 8.78 Å². The predicted molar refractivity (Wildman–Crippen MR) is 80.3 cm³/mol. The maximum atomic E-state index is 14.0. The van der Waals surface area contributed by atoms with Crippen LogP contribution in [0.25, 0.3) is 11.3 Å². The van der Waals surface area contributed by atoms with Gasteiger partial charge in [-0.05, 0) is 32.4 Å². The van der Waals surface area contributed by atoms with Gasteiger partial charge >= 0.3 is 0 Å². The zero-order valence-electron chi connectivity index (χ0n) is 12.5. The molecule has 0 radical (unpaired) electrons. The predicted octanol–water partition coefficient (Wildman–Crippen LogP) is 4.11. The molecule has 0 saturated heterocycles. The Kier molecular flexibility index (Phi) is 4.83. The Hall–Kier alpha value is -2.04. The van der Waals surface area contributed by atoms with Gasteiger partial charge in [0.25, 0.3) is 0 Å². The van der Waals surface area contributed by atoms with E-state index in [1.807, 2.05) is 20.8 Å². The Morgan fingerprint density at radius 3 is 2.52 bits per heavy atom. The van der Waals surface area contributed by atoms with E-state index in [0.29, 0.717) is 29.3 Å².